The standard InChI is InChI=1S/C14H13NOS/c1-9-4-5-11-12(7-9)17-8-10-3-2-6-15-13(10)14(11)16/h2-6,9H,7-8H2,1H3. The minimum atomic E-state index is 0.0868. The van der Waals surface area contributed by atoms with Gasteiger partial charge in [-0.05, 0) is 28.9 Å². The van der Waals surface area contributed by atoms with Crippen LogP contribution in [0.4, 0.5) is 0 Å². The van der Waals surface area contributed by atoms with Crippen LogP contribution >= 0.6 is 11.8 Å². The van der Waals surface area contributed by atoms with Crippen molar-refractivity contribution in [3.05, 3.63) is 52.2 Å². The number of allylic oxidation sites excluding steroid dienone is 4. The molecule has 2 heterocycles. The molecule has 17 heavy (non-hydrogen) atoms. The summed E-state index contributed by atoms with van der Waals surface area (Å²) < 4.78 is 0. The van der Waals surface area contributed by atoms with Crippen molar-refractivity contribution < 1.29 is 4.79 Å². The van der Waals surface area contributed by atoms with Crippen LogP contribution in [0.5, 0.6) is 0 Å². The molecule has 0 aromatic carbocycles. The van der Waals surface area contributed by atoms with E-state index < -0.39 is 0 Å². The van der Waals surface area contributed by atoms with E-state index in [0.29, 0.717) is 11.6 Å². The summed E-state index contributed by atoms with van der Waals surface area (Å²) in [6.45, 7) is 2.18. The molecular formula is C14H13NOS. The average Bonchev–Trinajstić information content (AvgIpc) is 2.48. The number of rotatable bonds is 0. The van der Waals surface area contributed by atoms with Crippen LogP contribution in [0.2, 0.25) is 0 Å². The van der Waals surface area contributed by atoms with Gasteiger partial charge >= 0.3 is 0 Å². The Bertz CT molecular complexity index is 545. The molecule has 3 rings (SSSR count). The van der Waals surface area contributed by atoms with Crippen LogP contribution in [0.3, 0.4) is 0 Å². The molecule has 2 nitrogen and oxygen atoms in total. The first-order valence-electron chi connectivity index (χ1n) is 5.78. The van der Waals surface area contributed by atoms with E-state index in [1.807, 2.05) is 18.2 Å². The number of nitrogens with zero attached hydrogens (tertiary/aromatic N) is 1. The second kappa shape index (κ2) is 4.15. The monoisotopic (exact) mass is 243 g/mol. The molecule has 1 unspecified atom stereocenters. The number of carbonyl (C=O) groups excluding carboxylic acids is 1. The summed E-state index contributed by atoms with van der Waals surface area (Å²) >= 11 is 1.79. The van der Waals surface area contributed by atoms with Gasteiger partial charge in [-0.2, -0.15) is 0 Å². The van der Waals surface area contributed by atoms with Crippen molar-refractivity contribution in [1.82, 2.24) is 4.98 Å². The number of Topliss-reactive ketones (excluding diaryl/α,β-unsaturated/α-hetero) is 1. The fourth-order valence-electron chi connectivity index (χ4n) is 2.21. The van der Waals surface area contributed by atoms with Crippen LogP contribution in [-0.4, -0.2) is 10.8 Å². The molecule has 0 saturated heterocycles. The number of hydrogen-bond donors (Lipinski definition) is 0. The van der Waals surface area contributed by atoms with Crippen molar-refractivity contribution in [1.29, 1.82) is 0 Å². The van der Waals surface area contributed by atoms with Crippen molar-refractivity contribution in [3.8, 4) is 0 Å². The summed E-state index contributed by atoms with van der Waals surface area (Å²) in [5, 5.41) is 0. The molecule has 0 fully saturated rings. The first kappa shape index (κ1) is 10.8. The quantitative estimate of drug-likeness (QED) is 0.700. The smallest absolute Gasteiger partial charge is 0.212 e. The van der Waals surface area contributed by atoms with E-state index in [4.69, 9.17) is 0 Å². The number of aromatic nitrogens is 1. The molecule has 1 aromatic rings. The van der Waals surface area contributed by atoms with Crippen molar-refractivity contribution in [3.63, 3.8) is 0 Å². The number of carbonyl (C=O) groups is 1. The van der Waals surface area contributed by atoms with Gasteiger partial charge in [-0.15, -0.1) is 11.8 Å². The molecule has 1 aliphatic carbocycles. The predicted molar refractivity (Wildman–Crippen MR) is 69.8 cm³/mol. The fraction of sp³-hybridized carbons (Fsp3) is 0.286. The first-order valence-corrected chi connectivity index (χ1v) is 6.77. The third-order valence-corrected chi connectivity index (χ3v) is 4.34. The molecule has 0 N–H and O–H groups in total. The second-order valence-electron chi connectivity index (χ2n) is 4.51. The first-order chi connectivity index (χ1) is 8.25. The van der Waals surface area contributed by atoms with Gasteiger partial charge in [-0.1, -0.05) is 25.1 Å². The molecule has 86 valence electrons. The van der Waals surface area contributed by atoms with Gasteiger partial charge in [0.25, 0.3) is 0 Å². The highest BCUT2D eigenvalue weighted by molar-refractivity contribution is 8.02. The van der Waals surface area contributed by atoms with E-state index >= 15 is 0 Å². The highest BCUT2D eigenvalue weighted by Crippen LogP contribution is 2.38. The molecule has 0 spiro atoms. The van der Waals surface area contributed by atoms with Gasteiger partial charge in [-0.3, -0.25) is 9.78 Å². The number of hydrogen-bond acceptors (Lipinski definition) is 3. The van der Waals surface area contributed by atoms with Gasteiger partial charge in [0.05, 0.1) is 0 Å². The zero-order valence-corrected chi connectivity index (χ0v) is 10.5. The van der Waals surface area contributed by atoms with E-state index in [2.05, 4.69) is 18.0 Å². The number of pyridine rings is 1. The largest absolute Gasteiger partial charge is 0.287 e. The minimum Gasteiger partial charge on any atom is -0.287 e. The average molecular weight is 243 g/mol. The van der Waals surface area contributed by atoms with Crippen LogP contribution in [0.1, 0.15) is 29.4 Å². The molecule has 3 heteroatoms. The molecule has 0 bridgehead atoms. The van der Waals surface area contributed by atoms with E-state index in [0.717, 1.165) is 23.3 Å². The second-order valence-corrected chi connectivity index (χ2v) is 5.58. The fourth-order valence-corrected chi connectivity index (χ4v) is 3.47. The van der Waals surface area contributed by atoms with Crippen LogP contribution in [0.15, 0.2) is 41.0 Å². The lowest BCUT2D eigenvalue weighted by Gasteiger charge is -2.16. The van der Waals surface area contributed by atoms with Gasteiger partial charge in [0, 0.05) is 17.5 Å². The number of ketones is 1. The van der Waals surface area contributed by atoms with Crippen molar-refractivity contribution >= 4 is 17.5 Å². The minimum absolute atomic E-state index is 0.0868. The maximum atomic E-state index is 12.4. The Morgan fingerprint density at radius 3 is 3.24 bits per heavy atom. The Hall–Kier alpha value is -1.35. The van der Waals surface area contributed by atoms with Crippen molar-refractivity contribution in [2.75, 3.05) is 0 Å². The zero-order chi connectivity index (χ0) is 11.8. The summed E-state index contributed by atoms with van der Waals surface area (Å²) in [6.07, 6.45) is 6.77. The Labute approximate surface area is 105 Å². The Kier molecular flexibility index (Phi) is 2.63. The summed E-state index contributed by atoms with van der Waals surface area (Å²) in [6, 6.07) is 3.90. The Morgan fingerprint density at radius 2 is 2.35 bits per heavy atom. The molecule has 0 radical (unpaired) electrons. The molecule has 0 amide bonds. The number of fused-ring (bicyclic) bond motifs is 1. The van der Waals surface area contributed by atoms with E-state index in [-0.39, 0.29) is 5.78 Å². The van der Waals surface area contributed by atoms with Crippen LogP contribution in [-0.2, 0) is 5.75 Å². The van der Waals surface area contributed by atoms with Gasteiger partial charge in [0.1, 0.15) is 5.69 Å². The van der Waals surface area contributed by atoms with E-state index in [1.54, 1.807) is 18.0 Å². The van der Waals surface area contributed by atoms with Crippen LogP contribution in [0, 0.1) is 5.92 Å². The van der Waals surface area contributed by atoms with Gasteiger partial charge in [0.15, 0.2) is 0 Å². The summed E-state index contributed by atoms with van der Waals surface area (Å²) in [4.78, 5) is 17.9. The molecule has 1 aliphatic heterocycles. The van der Waals surface area contributed by atoms with Gasteiger partial charge in [-0.25, -0.2) is 0 Å². The zero-order valence-electron chi connectivity index (χ0n) is 9.64. The highest BCUT2D eigenvalue weighted by atomic mass is 32.2. The molecule has 0 saturated carbocycles. The third-order valence-electron chi connectivity index (χ3n) is 3.15. The summed E-state index contributed by atoms with van der Waals surface area (Å²) in [7, 11) is 0. The van der Waals surface area contributed by atoms with Crippen LogP contribution in [0.25, 0.3) is 0 Å². The van der Waals surface area contributed by atoms with E-state index in [9.17, 15) is 4.79 Å². The highest BCUT2D eigenvalue weighted by Gasteiger charge is 2.26. The lowest BCUT2D eigenvalue weighted by Crippen LogP contribution is -2.10. The van der Waals surface area contributed by atoms with Crippen molar-refractivity contribution in [2.45, 2.75) is 19.1 Å². The molecule has 2 aliphatic rings. The lowest BCUT2D eigenvalue weighted by atomic mass is 9.94. The van der Waals surface area contributed by atoms with Crippen molar-refractivity contribution in [2.24, 2.45) is 5.92 Å². The third kappa shape index (κ3) is 1.84. The number of thioether (sulfide) groups is 1. The van der Waals surface area contributed by atoms with E-state index in [1.165, 1.54) is 4.91 Å². The maximum Gasteiger partial charge on any atom is 0.212 e. The molecule has 1 atom stereocenters. The topological polar surface area (TPSA) is 30.0 Å². The summed E-state index contributed by atoms with van der Waals surface area (Å²) in [5.41, 5.74) is 2.53. The Morgan fingerprint density at radius 1 is 1.47 bits per heavy atom. The normalized spacial score (nSPS) is 23.1. The Balaban J connectivity index is 2.09. The van der Waals surface area contributed by atoms with Gasteiger partial charge < -0.3 is 0 Å². The predicted octanol–water partition coefficient (Wildman–Crippen LogP) is 3.36. The SMILES string of the molecule is CC1C=CC2=C(C1)SCc1cccnc1C2=O. The summed E-state index contributed by atoms with van der Waals surface area (Å²) in [5.74, 6) is 1.47. The lowest BCUT2D eigenvalue weighted by molar-refractivity contribution is 0.103. The van der Waals surface area contributed by atoms with Gasteiger partial charge in [0.2, 0.25) is 5.78 Å². The molecular weight excluding hydrogens is 230 g/mol. The molecule has 1 aromatic heterocycles. The van der Waals surface area contributed by atoms with Crippen LogP contribution < -0.4 is 0 Å². The maximum absolute atomic E-state index is 12.4.